The average molecular weight is 724 g/mol. The molecule has 3 rings (SSSR count). The summed E-state index contributed by atoms with van der Waals surface area (Å²) in [5, 5.41) is 62.2. The molecule has 294 valence electrons. The third-order valence-electron chi connectivity index (χ3n) is 11.3. The number of carbonyl (C=O) groups excluding carboxylic acids is 1. The summed E-state index contributed by atoms with van der Waals surface area (Å²) < 4.78 is 18.5. The zero-order valence-corrected chi connectivity index (χ0v) is 32.7. The van der Waals surface area contributed by atoms with Crippen LogP contribution in [-0.4, -0.2) is 141 Å². The molecule has 6 N–H and O–H groups in total. The minimum Gasteiger partial charge on any atom is -0.459 e. The lowest BCUT2D eigenvalue weighted by atomic mass is 9.78. The van der Waals surface area contributed by atoms with E-state index in [1.54, 1.807) is 27.7 Å². The van der Waals surface area contributed by atoms with Gasteiger partial charge in [0.1, 0.15) is 23.9 Å². The molecule has 1 aromatic carbocycles. The van der Waals surface area contributed by atoms with Crippen molar-refractivity contribution in [2.75, 3.05) is 33.7 Å². The predicted octanol–water partition coefficient (Wildman–Crippen LogP) is 2.53. The first kappa shape index (κ1) is 43.7. The van der Waals surface area contributed by atoms with Gasteiger partial charge >= 0.3 is 5.97 Å². The van der Waals surface area contributed by atoms with Crippen LogP contribution in [-0.2, 0) is 25.5 Å². The molecule has 2 aliphatic rings. The van der Waals surface area contributed by atoms with Gasteiger partial charge in [-0.3, -0.25) is 9.69 Å². The van der Waals surface area contributed by atoms with Crippen LogP contribution in [0.15, 0.2) is 30.3 Å². The fourth-order valence-electron chi connectivity index (χ4n) is 8.14. The van der Waals surface area contributed by atoms with E-state index in [-0.39, 0.29) is 30.9 Å². The molecule has 12 heteroatoms. The number of likely N-dealkylation sites (N-methyl/N-ethyl adjacent to an activating group) is 1. The number of carbonyl (C=O) groups is 1. The summed E-state index contributed by atoms with van der Waals surface area (Å²) in [6.07, 6.45) is -5.19. The molecule has 12 nitrogen and oxygen atoms in total. The molecule has 0 amide bonds. The Hall–Kier alpha value is -1.71. The fourth-order valence-corrected chi connectivity index (χ4v) is 8.14. The van der Waals surface area contributed by atoms with Gasteiger partial charge in [-0.05, 0) is 99.0 Å². The molecule has 2 aliphatic heterocycles. The van der Waals surface area contributed by atoms with Crippen molar-refractivity contribution in [3.63, 3.8) is 0 Å². The second-order valence-electron chi connectivity index (χ2n) is 16.2. The first-order valence-corrected chi connectivity index (χ1v) is 19.0. The lowest BCUT2D eigenvalue weighted by Gasteiger charge is -2.46. The summed E-state index contributed by atoms with van der Waals surface area (Å²) in [7, 11) is 3.77. The minimum atomic E-state index is -1.79. The normalized spacial score (nSPS) is 41.1. The Labute approximate surface area is 306 Å². The summed E-state index contributed by atoms with van der Waals surface area (Å²) in [4.78, 5) is 17.6. The van der Waals surface area contributed by atoms with Crippen molar-refractivity contribution >= 4 is 5.97 Å². The molecule has 0 aromatic heterocycles. The van der Waals surface area contributed by atoms with Gasteiger partial charge in [-0.1, -0.05) is 51.1 Å². The molecular formula is C39H69N3O9. The predicted molar refractivity (Wildman–Crippen MR) is 197 cm³/mol. The topological polar surface area (TPSA) is 164 Å². The maximum absolute atomic E-state index is 13.6. The Morgan fingerprint density at radius 1 is 1.02 bits per heavy atom. The van der Waals surface area contributed by atoms with E-state index in [2.05, 4.69) is 22.3 Å². The van der Waals surface area contributed by atoms with Crippen molar-refractivity contribution in [2.24, 2.45) is 17.8 Å². The molecule has 0 radical (unpaired) electrons. The number of hydrogen-bond donors (Lipinski definition) is 6. The van der Waals surface area contributed by atoms with Crippen molar-refractivity contribution < 1.29 is 44.5 Å². The van der Waals surface area contributed by atoms with E-state index in [1.807, 2.05) is 58.0 Å². The van der Waals surface area contributed by atoms with Crippen LogP contribution in [0.5, 0.6) is 0 Å². The number of cyclic esters (lactones) is 1. The highest BCUT2D eigenvalue weighted by Crippen LogP contribution is 2.36. The van der Waals surface area contributed by atoms with Crippen LogP contribution in [0.3, 0.4) is 0 Å². The standard InChI is InChI=1S/C39H69N3O9/c1-11-31-39(8,48)34(45)28(6)42(19-15-18-40-22-29-16-13-12-14-17-29)23-24(2)21-38(7,47)35(26(4)32(43)27(5)36(46)50-31)51-37-33(44)30(41(9)10)20-25(3)49-37/h12-14,16-17,24-28,30-35,37,40,43-45,47-48H,11,15,18-23H2,1-10H3/t24-,25-,26+,27-,28+,30+,31+,32+,33-,34-,35-,37+,38-,39-/m1/s1. The molecule has 2 saturated heterocycles. The van der Waals surface area contributed by atoms with Crippen molar-refractivity contribution in [1.82, 2.24) is 15.1 Å². The van der Waals surface area contributed by atoms with Gasteiger partial charge in [-0.15, -0.1) is 0 Å². The van der Waals surface area contributed by atoms with E-state index in [4.69, 9.17) is 14.2 Å². The number of benzene rings is 1. The number of ether oxygens (including phenoxy) is 3. The molecule has 51 heavy (non-hydrogen) atoms. The Bertz CT molecular complexity index is 1190. The van der Waals surface area contributed by atoms with Crippen molar-refractivity contribution in [3.05, 3.63) is 35.9 Å². The van der Waals surface area contributed by atoms with Crippen LogP contribution < -0.4 is 5.32 Å². The van der Waals surface area contributed by atoms with Gasteiger partial charge in [0.05, 0.1) is 29.8 Å². The summed E-state index contributed by atoms with van der Waals surface area (Å²) in [6, 6.07) is 9.36. The van der Waals surface area contributed by atoms with E-state index < -0.39 is 71.9 Å². The van der Waals surface area contributed by atoms with E-state index >= 15 is 0 Å². The van der Waals surface area contributed by atoms with Gasteiger partial charge < -0.3 is 50.0 Å². The Morgan fingerprint density at radius 3 is 2.27 bits per heavy atom. The maximum atomic E-state index is 13.6. The number of nitrogens with zero attached hydrogens (tertiary/aromatic N) is 2. The summed E-state index contributed by atoms with van der Waals surface area (Å²) in [5.74, 6) is -2.74. The Balaban J connectivity index is 1.95. The van der Waals surface area contributed by atoms with Gasteiger partial charge in [0, 0.05) is 31.1 Å². The molecule has 2 fully saturated rings. The van der Waals surface area contributed by atoms with E-state index in [9.17, 15) is 30.3 Å². The molecule has 2 heterocycles. The molecule has 1 aromatic rings. The third-order valence-corrected chi connectivity index (χ3v) is 11.3. The number of esters is 1. The highest BCUT2D eigenvalue weighted by atomic mass is 16.7. The van der Waals surface area contributed by atoms with E-state index in [0.29, 0.717) is 19.5 Å². The Morgan fingerprint density at radius 2 is 1.67 bits per heavy atom. The summed E-state index contributed by atoms with van der Waals surface area (Å²) >= 11 is 0. The van der Waals surface area contributed by atoms with Gasteiger partial charge in [-0.2, -0.15) is 0 Å². The van der Waals surface area contributed by atoms with E-state index in [0.717, 1.165) is 19.5 Å². The Kier molecular flexibility index (Phi) is 16.3. The van der Waals surface area contributed by atoms with Crippen molar-refractivity contribution in [2.45, 2.75) is 154 Å². The summed E-state index contributed by atoms with van der Waals surface area (Å²) in [6.45, 7) is 16.5. The first-order chi connectivity index (χ1) is 23.8. The lowest BCUT2D eigenvalue weighted by Crippen LogP contribution is -2.59. The zero-order valence-electron chi connectivity index (χ0n) is 32.7. The highest BCUT2D eigenvalue weighted by molar-refractivity contribution is 5.73. The maximum Gasteiger partial charge on any atom is 0.311 e. The number of rotatable bonds is 10. The minimum absolute atomic E-state index is 0.139. The molecule has 0 bridgehead atoms. The van der Waals surface area contributed by atoms with Crippen LogP contribution in [0, 0.1) is 17.8 Å². The second-order valence-corrected chi connectivity index (χ2v) is 16.2. The fraction of sp³-hybridized carbons (Fsp3) is 0.821. The molecule has 0 unspecified atom stereocenters. The molecule has 14 atom stereocenters. The summed E-state index contributed by atoms with van der Waals surface area (Å²) in [5.41, 5.74) is -2.15. The third kappa shape index (κ3) is 11.4. The van der Waals surface area contributed by atoms with Crippen LogP contribution >= 0.6 is 0 Å². The smallest absolute Gasteiger partial charge is 0.311 e. The number of hydrogen-bond acceptors (Lipinski definition) is 12. The van der Waals surface area contributed by atoms with Crippen LogP contribution in [0.2, 0.25) is 0 Å². The van der Waals surface area contributed by atoms with Crippen molar-refractivity contribution in [1.29, 1.82) is 0 Å². The lowest BCUT2D eigenvalue weighted by molar-refractivity contribution is -0.299. The SMILES string of the molecule is CC[C@@H]1OC(=O)[C@H](C)[C@@H](O)[C@H](C)[C@@H](O[C@@H]2O[C@H](C)C[C@H](N(C)C)[C@H]2O)[C@](C)(O)C[C@@H](C)CN(CCCNCc2ccccc2)[C@@H](C)[C@@H](O)[C@]1(C)O. The van der Waals surface area contributed by atoms with Gasteiger partial charge in [-0.25, -0.2) is 0 Å². The molecule has 0 saturated carbocycles. The van der Waals surface area contributed by atoms with Gasteiger partial charge in [0.25, 0.3) is 0 Å². The quantitative estimate of drug-likeness (QED) is 0.155. The molecule has 0 spiro atoms. The van der Waals surface area contributed by atoms with Gasteiger partial charge in [0.2, 0.25) is 0 Å². The monoisotopic (exact) mass is 724 g/mol. The second kappa shape index (κ2) is 19.1. The first-order valence-electron chi connectivity index (χ1n) is 19.0. The van der Waals surface area contributed by atoms with Gasteiger partial charge in [0.15, 0.2) is 6.29 Å². The number of aliphatic hydroxyl groups excluding tert-OH is 3. The number of aliphatic hydroxyl groups is 5. The van der Waals surface area contributed by atoms with Crippen molar-refractivity contribution in [3.8, 4) is 0 Å². The number of nitrogens with one attached hydrogen (secondary N) is 1. The van der Waals surface area contributed by atoms with Crippen LogP contribution in [0.1, 0.15) is 86.6 Å². The molecule has 0 aliphatic carbocycles. The van der Waals surface area contributed by atoms with Crippen LogP contribution in [0.25, 0.3) is 0 Å². The average Bonchev–Trinajstić information content (AvgIpc) is 3.07. The highest BCUT2D eigenvalue weighted by Gasteiger charge is 2.50. The molecular weight excluding hydrogens is 654 g/mol. The van der Waals surface area contributed by atoms with E-state index in [1.165, 1.54) is 12.5 Å². The zero-order chi connectivity index (χ0) is 38.3. The largest absolute Gasteiger partial charge is 0.459 e. The van der Waals surface area contributed by atoms with Crippen LogP contribution in [0.4, 0.5) is 0 Å².